The first-order chi connectivity index (χ1) is 15.0. The summed E-state index contributed by atoms with van der Waals surface area (Å²) in [5, 5.41) is 9.68. The highest BCUT2D eigenvalue weighted by atomic mass is 16.3. The zero-order valence-corrected chi connectivity index (χ0v) is 19.4. The van der Waals surface area contributed by atoms with Gasteiger partial charge in [-0.3, -0.25) is 14.8 Å². The molecule has 1 atom stereocenters. The van der Waals surface area contributed by atoms with Crippen LogP contribution in [-0.2, 0) is 6.54 Å². The second-order valence-electron chi connectivity index (χ2n) is 9.47. The highest BCUT2D eigenvalue weighted by Gasteiger charge is 2.32. The highest BCUT2D eigenvalue weighted by Crippen LogP contribution is 2.27. The number of hydrogen-bond donors (Lipinski definition) is 1. The number of aryl methyl sites for hydroxylation is 3. The monoisotopic (exact) mass is 422 g/mol. The Morgan fingerprint density at radius 3 is 2.39 bits per heavy atom. The fourth-order valence-electron chi connectivity index (χ4n) is 5.40. The first-order valence-electron chi connectivity index (χ1n) is 11.9. The van der Waals surface area contributed by atoms with E-state index in [0.717, 1.165) is 57.1 Å². The largest absolute Gasteiger partial charge is 0.396 e. The molecule has 168 valence electrons. The van der Waals surface area contributed by atoms with Gasteiger partial charge in [0, 0.05) is 69.3 Å². The maximum atomic E-state index is 9.68. The Morgan fingerprint density at radius 2 is 1.71 bits per heavy atom. The van der Waals surface area contributed by atoms with Crippen molar-refractivity contribution in [1.29, 1.82) is 0 Å². The molecule has 1 aromatic carbocycles. The second-order valence-corrected chi connectivity index (χ2v) is 9.47. The van der Waals surface area contributed by atoms with Crippen LogP contribution in [0, 0.1) is 20.8 Å². The van der Waals surface area contributed by atoms with Gasteiger partial charge in [0.1, 0.15) is 0 Å². The second kappa shape index (κ2) is 10.1. The van der Waals surface area contributed by atoms with Crippen molar-refractivity contribution in [1.82, 2.24) is 14.8 Å². The summed E-state index contributed by atoms with van der Waals surface area (Å²) in [6, 6.07) is 14.2. The molecule has 1 aromatic heterocycles. The molecule has 3 heterocycles. The zero-order valence-electron chi connectivity index (χ0n) is 19.4. The van der Waals surface area contributed by atoms with E-state index in [2.05, 4.69) is 71.9 Å². The van der Waals surface area contributed by atoms with E-state index in [1.807, 2.05) is 0 Å². The SMILES string of the molecule is Cc1cc(C)cc(N2CCC(N3CCN(Cc4cccc(C)n4)[C@@H](CCO)C3)CC2)c1. The van der Waals surface area contributed by atoms with Gasteiger partial charge in [-0.05, 0) is 75.4 Å². The van der Waals surface area contributed by atoms with Crippen molar-refractivity contribution in [2.45, 2.75) is 58.7 Å². The summed E-state index contributed by atoms with van der Waals surface area (Å²) in [4.78, 5) is 12.5. The topological polar surface area (TPSA) is 42.8 Å². The molecular weight excluding hydrogens is 384 g/mol. The van der Waals surface area contributed by atoms with Gasteiger partial charge in [0.15, 0.2) is 0 Å². The van der Waals surface area contributed by atoms with Gasteiger partial charge in [-0.2, -0.15) is 0 Å². The Kier molecular flexibility index (Phi) is 7.26. The molecular formula is C26H38N4O. The fourth-order valence-corrected chi connectivity index (χ4v) is 5.40. The van der Waals surface area contributed by atoms with Crippen LogP contribution >= 0.6 is 0 Å². The van der Waals surface area contributed by atoms with Crippen LogP contribution in [0.2, 0.25) is 0 Å². The summed E-state index contributed by atoms with van der Waals surface area (Å²) >= 11 is 0. The van der Waals surface area contributed by atoms with Crippen molar-refractivity contribution in [3.63, 3.8) is 0 Å². The molecule has 0 saturated carbocycles. The van der Waals surface area contributed by atoms with Crippen molar-refractivity contribution in [3.05, 3.63) is 58.9 Å². The third-order valence-corrected chi connectivity index (χ3v) is 6.96. The maximum Gasteiger partial charge on any atom is 0.0547 e. The van der Waals surface area contributed by atoms with Gasteiger partial charge in [0.2, 0.25) is 0 Å². The number of piperidine rings is 1. The van der Waals surface area contributed by atoms with Crippen molar-refractivity contribution in [3.8, 4) is 0 Å². The third kappa shape index (κ3) is 5.65. The number of benzene rings is 1. The number of aliphatic hydroxyl groups excluding tert-OH is 1. The summed E-state index contributed by atoms with van der Waals surface area (Å²) < 4.78 is 0. The molecule has 5 nitrogen and oxygen atoms in total. The van der Waals surface area contributed by atoms with E-state index in [4.69, 9.17) is 4.98 Å². The van der Waals surface area contributed by atoms with Crippen molar-refractivity contribution >= 4 is 5.69 Å². The molecule has 1 N–H and O–H groups in total. The molecule has 2 saturated heterocycles. The van der Waals surface area contributed by atoms with Gasteiger partial charge in [-0.15, -0.1) is 0 Å². The van der Waals surface area contributed by atoms with E-state index in [9.17, 15) is 5.11 Å². The molecule has 2 fully saturated rings. The molecule has 2 aliphatic heterocycles. The molecule has 5 heteroatoms. The van der Waals surface area contributed by atoms with Gasteiger partial charge in [0.25, 0.3) is 0 Å². The number of piperazine rings is 1. The van der Waals surface area contributed by atoms with Crippen LogP contribution in [0.3, 0.4) is 0 Å². The minimum atomic E-state index is 0.251. The van der Waals surface area contributed by atoms with Crippen LogP contribution in [-0.4, -0.2) is 71.3 Å². The molecule has 2 aliphatic rings. The number of pyridine rings is 1. The summed E-state index contributed by atoms with van der Waals surface area (Å²) in [7, 11) is 0. The molecule has 4 rings (SSSR count). The summed E-state index contributed by atoms with van der Waals surface area (Å²) in [6.45, 7) is 13.0. The number of hydrogen-bond acceptors (Lipinski definition) is 5. The predicted octanol–water partition coefficient (Wildman–Crippen LogP) is 3.54. The Hall–Kier alpha value is -1.95. The van der Waals surface area contributed by atoms with Gasteiger partial charge in [-0.25, -0.2) is 0 Å². The lowest BCUT2D eigenvalue weighted by Gasteiger charge is -2.46. The lowest BCUT2D eigenvalue weighted by molar-refractivity contribution is 0.0248. The van der Waals surface area contributed by atoms with Crippen LogP contribution < -0.4 is 4.90 Å². The van der Waals surface area contributed by atoms with Crippen molar-refractivity contribution in [2.24, 2.45) is 0 Å². The Bertz CT molecular complexity index is 842. The number of aromatic nitrogens is 1. The molecule has 0 spiro atoms. The van der Waals surface area contributed by atoms with Crippen LogP contribution in [0.5, 0.6) is 0 Å². The smallest absolute Gasteiger partial charge is 0.0547 e. The highest BCUT2D eigenvalue weighted by molar-refractivity contribution is 5.51. The third-order valence-electron chi connectivity index (χ3n) is 6.96. The number of nitrogens with zero attached hydrogens (tertiary/aromatic N) is 4. The van der Waals surface area contributed by atoms with Crippen LogP contribution in [0.4, 0.5) is 5.69 Å². The molecule has 0 aliphatic carbocycles. The Morgan fingerprint density at radius 1 is 0.968 bits per heavy atom. The van der Waals surface area contributed by atoms with Gasteiger partial charge in [0.05, 0.1) is 5.69 Å². The van der Waals surface area contributed by atoms with Gasteiger partial charge in [-0.1, -0.05) is 12.1 Å². The van der Waals surface area contributed by atoms with Gasteiger partial charge < -0.3 is 10.0 Å². The Labute approximate surface area is 187 Å². The van der Waals surface area contributed by atoms with E-state index in [-0.39, 0.29) is 6.61 Å². The molecule has 0 amide bonds. The summed E-state index contributed by atoms with van der Waals surface area (Å²) in [5.74, 6) is 0. The van der Waals surface area contributed by atoms with E-state index in [1.165, 1.54) is 29.7 Å². The van der Waals surface area contributed by atoms with E-state index < -0.39 is 0 Å². The minimum Gasteiger partial charge on any atom is -0.396 e. The number of aliphatic hydroxyl groups is 1. The minimum absolute atomic E-state index is 0.251. The van der Waals surface area contributed by atoms with E-state index in [0.29, 0.717) is 12.1 Å². The van der Waals surface area contributed by atoms with E-state index in [1.54, 1.807) is 0 Å². The Balaban J connectivity index is 1.34. The lowest BCUT2D eigenvalue weighted by Crippen LogP contribution is -2.57. The summed E-state index contributed by atoms with van der Waals surface area (Å²) in [6.07, 6.45) is 3.28. The first kappa shape index (κ1) is 22.3. The lowest BCUT2D eigenvalue weighted by atomic mass is 9.98. The zero-order chi connectivity index (χ0) is 21.8. The van der Waals surface area contributed by atoms with Crippen LogP contribution in [0.25, 0.3) is 0 Å². The van der Waals surface area contributed by atoms with Crippen molar-refractivity contribution < 1.29 is 5.11 Å². The predicted molar refractivity (Wildman–Crippen MR) is 128 cm³/mol. The maximum absolute atomic E-state index is 9.68. The first-order valence-corrected chi connectivity index (χ1v) is 11.9. The number of rotatable bonds is 6. The average Bonchev–Trinajstić information content (AvgIpc) is 2.75. The molecule has 0 unspecified atom stereocenters. The molecule has 0 bridgehead atoms. The van der Waals surface area contributed by atoms with Crippen molar-refractivity contribution in [2.75, 3.05) is 44.2 Å². The normalized spacial score (nSPS) is 21.5. The number of anilines is 1. The van der Waals surface area contributed by atoms with E-state index >= 15 is 0 Å². The molecule has 2 aromatic rings. The fraction of sp³-hybridized carbons (Fsp3) is 0.577. The summed E-state index contributed by atoms with van der Waals surface area (Å²) in [5.41, 5.74) is 6.29. The standard InChI is InChI=1S/C26H38N4O/c1-20-15-21(2)17-26(16-20)28-10-7-24(8-11-28)30-13-12-29(25(19-30)9-14-31)18-23-6-4-5-22(3)27-23/h4-6,15-17,24-25,31H,7-14,18-19H2,1-3H3/t25-/m0/s1. The quantitative estimate of drug-likeness (QED) is 0.771. The van der Waals surface area contributed by atoms with Crippen LogP contribution in [0.15, 0.2) is 36.4 Å². The van der Waals surface area contributed by atoms with Crippen LogP contribution in [0.1, 0.15) is 41.8 Å². The average molecular weight is 423 g/mol. The molecule has 31 heavy (non-hydrogen) atoms. The molecule has 0 radical (unpaired) electrons. The van der Waals surface area contributed by atoms with Gasteiger partial charge >= 0.3 is 0 Å².